The molecule has 0 saturated heterocycles. The second-order valence-electron chi connectivity index (χ2n) is 21.2. The number of anilines is 2. The van der Waals surface area contributed by atoms with Crippen molar-refractivity contribution in [3.63, 3.8) is 0 Å². The van der Waals surface area contributed by atoms with E-state index < -0.39 is 63.8 Å². The molecule has 1 unspecified atom stereocenters. The lowest BCUT2D eigenvalue weighted by molar-refractivity contribution is -0.173. The molecule has 0 saturated carbocycles. The summed E-state index contributed by atoms with van der Waals surface area (Å²) < 4.78 is 76.2. The highest BCUT2D eigenvalue weighted by molar-refractivity contribution is 6.35. The van der Waals surface area contributed by atoms with Crippen LogP contribution in [0.5, 0.6) is 46.0 Å². The molecule has 0 spiro atoms. The normalized spacial score (nSPS) is 13.7. The molecule has 8 aromatic rings. The Balaban J connectivity index is 0.868. The third-order valence-corrected chi connectivity index (χ3v) is 14.8. The number of fused-ring (bicyclic) bond motifs is 2. The Kier molecular flexibility index (Phi) is 14.8. The molecule has 0 radical (unpaired) electrons. The summed E-state index contributed by atoms with van der Waals surface area (Å²) in [7, 11) is 0. The summed E-state index contributed by atoms with van der Waals surface area (Å²) >= 11 is 0. The molecule has 2 aliphatic heterocycles. The molecule has 0 N–H and O–H groups in total. The number of nitrogens with zero attached hydrogens (tertiary/aromatic N) is 2. The van der Waals surface area contributed by atoms with Crippen LogP contribution in [0, 0.1) is 13.8 Å². The summed E-state index contributed by atoms with van der Waals surface area (Å²) in [5.74, 6) is -2.35. The van der Waals surface area contributed by atoms with Crippen molar-refractivity contribution in [3.05, 3.63) is 250 Å². The van der Waals surface area contributed by atoms with Crippen molar-refractivity contribution in [2.75, 3.05) is 9.80 Å². The number of imide groups is 2. The zero-order valence-electron chi connectivity index (χ0n) is 46.6. The van der Waals surface area contributed by atoms with E-state index >= 15 is 13.2 Å². The Labute approximate surface area is 481 Å². The Bertz CT molecular complexity index is 4090. The summed E-state index contributed by atoms with van der Waals surface area (Å²) in [4.78, 5) is 83.1. The molecule has 10 rings (SSSR count). The van der Waals surface area contributed by atoms with E-state index in [1.165, 1.54) is 51.1 Å². The van der Waals surface area contributed by atoms with Crippen LogP contribution in [0.4, 0.5) is 24.5 Å². The van der Waals surface area contributed by atoms with Gasteiger partial charge in [-0.05, 0) is 178 Å². The lowest BCUT2D eigenvalue weighted by atomic mass is 9.75. The molecule has 422 valence electrons. The van der Waals surface area contributed by atoms with Crippen molar-refractivity contribution in [3.8, 4) is 46.0 Å². The van der Waals surface area contributed by atoms with Gasteiger partial charge in [0.05, 0.1) is 33.6 Å². The standard InChI is InChI=1S/C68H53F3N2O11/c1-38(2)64(78)83-58-30-18-44(32-41(58)6)67(9,68(69,70)71)45-19-31-59(84-65(79)39(3)4)57(35-45)73-61(75)54-29-27-52(37-56(54)63(73)77)82-50-15-11-13-43(34-50)66(7,8)42-12-10-14-49(33-42)81-51-26-28-53-55(36-51)62(76)72(60(53)74)46-20-24-48(25-21-46)80-47-22-16-40(5)17-23-47/h10-37H,1,3H2,2,4-9H3. The average Bonchev–Trinajstić information content (AvgIpc) is 3.27. The molecule has 0 bridgehead atoms. The van der Waals surface area contributed by atoms with Crippen LogP contribution in [0.25, 0.3) is 0 Å². The van der Waals surface area contributed by atoms with Gasteiger partial charge in [-0.15, -0.1) is 0 Å². The number of halogens is 3. The molecule has 8 aromatic carbocycles. The minimum absolute atomic E-state index is 0.0196. The molecule has 84 heavy (non-hydrogen) atoms. The minimum Gasteiger partial charge on any atom is -0.457 e. The van der Waals surface area contributed by atoms with Gasteiger partial charge in [-0.25, -0.2) is 19.4 Å². The second kappa shape index (κ2) is 21.8. The highest BCUT2D eigenvalue weighted by Crippen LogP contribution is 2.50. The number of carbonyl (C=O) groups is 6. The molecule has 16 heteroatoms. The quantitative estimate of drug-likeness (QED) is 0.0393. The summed E-state index contributed by atoms with van der Waals surface area (Å²) in [6.07, 6.45) is -4.99. The van der Waals surface area contributed by atoms with Crippen LogP contribution in [0.1, 0.15) is 109 Å². The van der Waals surface area contributed by atoms with Gasteiger partial charge < -0.3 is 23.7 Å². The Morgan fingerprint density at radius 3 is 1.36 bits per heavy atom. The van der Waals surface area contributed by atoms with Gasteiger partial charge in [-0.1, -0.05) is 87.2 Å². The van der Waals surface area contributed by atoms with Crippen molar-refractivity contribution in [2.45, 2.75) is 65.5 Å². The van der Waals surface area contributed by atoms with Gasteiger partial charge in [-0.3, -0.25) is 19.2 Å². The van der Waals surface area contributed by atoms with Gasteiger partial charge in [0.15, 0.2) is 5.75 Å². The maximum absolute atomic E-state index is 15.6. The van der Waals surface area contributed by atoms with Crippen LogP contribution in [-0.2, 0) is 20.4 Å². The van der Waals surface area contributed by atoms with Crippen molar-refractivity contribution >= 4 is 46.9 Å². The SMILES string of the molecule is C=C(C)C(=O)Oc1ccc(C(C)(c2ccc(OC(=O)C(=C)C)c(N3C(=O)c4ccc(Oc5cccc(C(C)(C)c6cccc(Oc7ccc8c(c7)C(=O)N(c7ccc(Oc9ccc(C)cc9)cc7)C8=O)c6)c5)cc4C3=O)c2)C(F)(F)F)cc1C. The number of carbonyl (C=O) groups excluding carboxylic acids is 6. The zero-order valence-corrected chi connectivity index (χ0v) is 46.6. The van der Waals surface area contributed by atoms with Crippen molar-refractivity contribution in [1.29, 1.82) is 0 Å². The highest BCUT2D eigenvalue weighted by atomic mass is 19.4. The van der Waals surface area contributed by atoms with Crippen LogP contribution in [0.15, 0.2) is 194 Å². The maximum Gasteiger partial charge on any atom is 0.402 e. The van der Waals surface area contributed by atoms with Crippen LogP contribution in [0.3, 0.4) is 0 Å². The molecule has 2 heterocycles. The van der Waals surface area contributed by atoms with E-state index in [-0.39, 0.29) is 61.8 Å². The monoisotopic (exact) mass is 1130 g/mol. The average molecular weight is 1130 g/mol. The fourth-order valence-electron chi connectivity index (χ4n) is 9.79. The van der Waals surface area contributed by atoms with E-state index in [4.69, 9.17) is 23.7 Å². The number of rotatable bonds is 16. The lowest BCUT2D eigenvalue weighted by Crippen LogP contribution is -2.41. The van der Waals surface area contributed by atoms with E-state index in [1.807, 2.05) is 75.4 Å². The Hall–Kier alpha value is -10.4. The lowest BCUT2D eigenvalue weighted by Gasteiger charge is -2.34. The fourth-order valence-corrected chi connectivity index (χ4v) is 9.79. The van der Waals surface area contributed by atoms with Crippen molar-refractivity contribution < 1.29 is 65.6 Å². The van der Waals surface area contributed by atoms with Gasteiger partial charge in [0.2, 0.25) is 0 Å². The van der Waals surface area contributed by atoms with Gasteiger partial charge in [0.1, 0.15) is 45.7 Å². The van der Waals surface area contributed by atoms with E-state index in [1.54, 1.807) is 60.7 Å². The summed E-state index contributed by atoms with van der Waals surface area (Å²) in [5, 5.41) is 0. The fraction of sp³-hybridized carbons (Fsp3) is 0.147. The summed E-state index contributed by atoms with van der Waals surface area (Å²) in [5.41, 5.74) is -1.00. The van der Waals surface area contributed by atoms with Crippen LogP contribution < -0.4 is 33.5 Å². The summed E-state index contributed by atoms with van der Waals surface area (Å²) in [6, 6.07) is 44.6. The predicted molar refractivity (Wildman–Crippen MR) is 309 cm³/mol. The first-order valence-electron chi connectivity index (χ1n) is 26.4. The number of benzene rings is 8. The van der Waals surface area contributed by atoms with Crippen LogP contribution in [-0.4, -0.2) is 41.7 Å². The molecule has 4 amide bonds. The molecule has 0 aromatic heterocycles. The second-order valence-corrected chi connectivity index (χ2v) is 21.2. The van der Waals surface area contributed by atoms with Gasteiger partial charge in [-0.2, -0.15) is 13.2 Å². The third-order valence-electron chi connectivity index (χ3n) is 14.8. The van der Waals surface area contributed by atoms with Gasteiger partial charge >= 0.3 is 18.1 Å². The number of alkyl halides is 3. The predicted octanol–water partition coefficient (Wildman–Crippen LogP) is 15.4. The van der Waals surface area contributed by atoms with E-state index in [0.717, 1.165) is 52.8 Å². The number of amides is 4. The smallest absolute Gasteiger partial charge is 0.402 e. The minimum atomic E-state index is -4.99. The molecule has 1 atom stereocenters. The largest absolute Gasteiger partial charge is 0.457 e. The van der Waals surface area contributed by atoms with Crippen LogP contribution in [0.2, 0.25) is 0 Å². The highest BCUT2D eigenvalue weighted by Gasteiger charge is 2.54. The van der Waals surface area contributed by atoms with Crippen molar-refractivity contribution in [1.82, 2.24) is 0 Å². The molecule has 0 aliphatic carbocycles. The number of hydrogen-bond donors (Lipinski definition) is 0. The zero-order chi connectivity index (χ0) is 60.2. The number of hydrogen-bond acceptors (Lipinski definition) is 11. The molecule has 13 nitrogen and oxygen atoms in total. The van der Waals surface area contributed by atoms with Gasteiger partial charge in [0.25, 0.3) is 23.6 Å². The summed E-state index contributed by atoms with van der Waals surface area (Å²) in [6.45, 7) is 18.3. The topological polar surface area (TPSA) is 155 Å². The van der Waals surface area contributed by atoms with Crippen LogP contribution >= 0.6 is 0 Å². The maximum atomic E-state index is 15.6. The Morgan fingerprint density at radius 2 is 0.857 bits per heavy atom. The number of ether oxygens (including phenoxy) is 5. The first-order chi connectivity index (χ1) is 39.8. The van der Waals surface area contributed by atoms with E-state index in [2.05, 4.69) is 13.2 Å². The van der Waals surface area contributed by atoms with E-state index in [0.29, 0.717) is 39.3 Å². The van der Waals surface area contributed by atoms with Gasteiger partial charge in [0, 0.05) is 16.6 Å². The number of esters is 2. The van der Waals surface area contributed by atoms with E-state index in [9.17, 15) is 28.8 Å². The molecular weight excluding hydrogens is 1080 g/mol. The number of aryl methyl sites for hydroxylation is 2. The third kappa shape index (κ3) is 10.7. The Morgan fingerprint density at radius 1 is 0.440 bits per heavy atom. The molecule has 2 aliphatic rings. The molecular formula is C68H53F3N2O11. The first-order valence-corrected chi connectivity index (χ1v) is 26.4. The van der Waals surface area contributed by atoms with Crippen molar-refractivity contribution in [2.24, 2.45) is 0 Å². The first kappa shape index (κ1) is 56.9. The molecule has 0 fully saturated rings.